The molecule has 0 N–H and O–H groups in total. The number of allylic oxidation sites excluding steroid dienone is 4. The van der Waals surface area contributed by atoms with E-state index >= 15 is 0 Å². The molecule has 3 aromatic carbocycles. The van der Waals surface area contributed by atoms with Crippen LogP contribution in [0.2, 0.25) is 0 Å². The summed E-state index contributed by atoms with van der Waals surface area (Å²) < 4.78 is 12.8. The third kappa shape index (κ3) is 4.13. The second-order valence-electron chi connectivity index (χ2n) is 8.37. The minimum atomic E-state index is 0. The van der Waals surface area contributed by atoms with Gasteiger partial charge in [0.1, 0.15) is 0 Å². The second-order valence-corrected chi connectivity index (χ2v) is 9.60. The molecule has 3 aromatic rings. The summed E-state index contributed by atoms with van der Waals surface area (Å²) in [6.45, 7) is 4.43. The monoisotopic (exact) mass is 565 g/mol. The van der Waals surface area contributed by atoms with Crippen LogP contribution in [0.4, 0.5) is 0 Å². The van der Waals surface area contributed by atoms with E-state index in [0.717, 1.165) is 23.5 Å². The molecule has 0 fully saturated rings. The van der Waals surface area contributed by atoms with E-state index in [1.165, 1.54) is 76.7 Å². The van der Waals surface area contributed by atoms with Gasteiger partial charge in [0.2, 0.25) is 0 Å². The average Bonchev–Trinajstić information content (AvgIpc) is 3.41. The van der Waals surface area contributed by atoms with Gasteiger partial charge in [0.25, 0.3) is 0 Å². The molecular formula is C29H25Cl2O2Zr. The standard InChI is InChI=1S/C29H25O2.2ClH.Zr/c1-18(2)20-15-16-23-21-10-6-5-9-19(21)17-26(23)28(20)24-12-7-11-22(24)25-13-8-14-27(30-3)29(25)31-4;;;/h5-11,13-16H,12H2,1-4H3;2*1H;/q;;;+2/p-2. The van der Waals surface area contributed by atoms with Gasteiger partial charge in [-0.25, -0.2) is 0 Å². The van der Waals surface area contributed by atoms with Crippen LogP contribution >= 0.6 is 0 Å². The molecule has 0 heterocycles. The minimum absolute atomic E-state index is 0. The Balaban J connectivity index is 0.00000162. The summed E-state index contributed by atoms with van der Waals surface area (Å²) in [5, 5.41) is 5.40. The molecule has 0 saturated carbocycles. The molecule has 34 heavy (non-hydrogen) atoms. The van der Waals surface area contributed by atoms with Crippen molar-refractivity contribution >= 4 is 20.0 Å². The molecule has 2 aliphatic carbocycles. The van der Waals surface area contributed by atoms with Gasteiger partial charge < -0.3 is 24.8 Å². The molecule has 0 aromatic heterocycles. The van der Waals surface area contributed by atoms with Gasteiger partial charge in [-0.1, -0.05) is 0 Å². The Morgan fingerprint density at radius 1 is 0.794 bits per heavy atom. The Hall–Kier alpha value is -2.06. The summed E-state index contributed by atoms with van der Waals surface area (Å²) in [5.74, 6) is 1.55. The van der Waals surface area contributed by atoms with Crippen LogP contribution in [0, 0.1) is 10.4 Å². The molecule has 0 unspecified atom stereocenters. The minimum Gasteiger partial charge on any atom is -1.00 e. The van der Waals surface area contributed by atoms with Gasteiger partial charge in [-0.15, -0.1) is 0 Å². The zero-order valence-electron chi connectivity index (χ0n) is 19.6. The number of ether oxygens (including phenoxy) is 2. The number of hydrogen-bond acceptors (Lipinski definition) is 2. The molecule has 5 heteroatoms. The molecule has 5 rings (SSSR count). The summed E-state index contributed by atoms with van der Waals surface area (Å²) in [4.78, 5) is 0. The zero-order valence-corrected chi connectivity index (χ0v) is 23.6. The van der Waals surface area contributed by atoms with E-state index in [9.17, 15) is 0 Å². The van der Waals surface area contributed by atoms with E-state index in [1.54, 1.807) is 14.2 Å². The largest absolute Gasteiger partial charge is 1.00 e. The van der Waals surface area contributed by atoms with Crippen LogP contribution in [0.15, 0.2) is 66.7 Å². The van der Waals surface area contributed by atoms with E-state index in [-0.39, 0.29) is 24.8 Å². The number of methoxy groups -OCH3 is 2. The van der Waals surface area contributed by atoms with Crippen molar-refractivity contribution in [1.82, 2.24) is 0 Å². The van der Waals surface area contributed by atoms with Crippen molar-refractivity contribution in [3.8, 4) is 11.5 Å². The molecule has 0 aliphatic heterocycles. The fourth-order valence-electron chi connectivity index (χ4n) is 4.98. The Bertz CT molecular complexity index is 1550. The number of para-hydroxylation sites is 1. The first kappa shape index (κ1) is 26.5. The molecule has 2 aliphatic rings. The Morgan fingerprint density at radius 3 is 2.21 bits per heavy atom. The normalized spacial score (nSPS) is 13.2. The Labute approximate surface area is 228 Å². The Morgan fingerprint density at radius 2 is 1.53 bits per heavy atom. The molecule has 0 amide bonds. The fraction of sp³-hybridized carbons (Fsp3) is 0.172. The number of halogens is 2. The maximum Gasteiger partial charge on any atom is -1.00 e. The number of rotatable bonds is 4. The first-order valence-corrected chi connectivity index (χ1v) is 12.1. The molecule has 0 bridgehead atoms. The first-order valence-electron chi connectivity index (χ1n) is 10.8. The van der Waals surface area contributed by atoms with Gasteiger partial charge in [0.15, 0.2) is 0 Å². The maximum atomic E-state index is 5.81. The van der Waals surface area contributed by atoms with Crippen LogP contribution in [-0.2, 0) is 24.7 Å². The topological polar surface area (TPSA) is 18.5 Å². The van der Waals surface area contributed by atoms with Crippen molar-refractivity contribution in [2.75, 3.05) is 14.2 Å². The summed E-state index contributed by atoms with van der Waals surface area (Å²) >= 11 is 1.44. The van der Waals surface area contributed by atoms with Crippen molar-refractivity contribution in [2.45, 2.75) is 20.3 Å². The first-order chi connectivity index (χ1) is 15.6. The molecule has 0 radical (unpaired) electrons. The second kappa shape index (κ2) is 10.7. The predicted molar refractivity (Wildman–Crippen MR) is 127 cm³/mol. The average molecular weight is 568 g/mol. The van der Waals surface area contributed by atoms with Gasteiger partial charge in [-0.2, -0.15) is 0 Å². The van der Waals surface area contributed by atoms with Crippen LogP contribution < -0.4 is 44.7 Å². The van der Waals surface area contributed by atoms with Crippen LogP contribution in [0.1, 0.15) is 37.0 Å². The van der Waals surface area contributed by atoms with E-state index in [4.69, 9.17) is 9.47 Å². The number of fused-ring (bicyclic) bond motifs is 2. The summed E-state index contributed by atoms with van der Waals surface area (Å²) in [6, 6.07) is 19.6. The van der Waals surface area contributed by atoms with Gasteiger partial charge >= 0.3 is 204 Å². The van der Waals surface area contributed by atoms with E-state index in [1.807, 2.05) is 12.1 Å². The van der Waals surface area contributed by atoms with Crippen molar-refractivity contribution in [3.05, 3.63) is 104 Å². The van der Waals surface area contributed by atoms with Crippen molar-refractivity contribution < 1.29 is 59.0 Å². The van der Waals surface area contributed by atoms with Crippen molar-refractivity contribution in [1.29, 1.82) is 0 Å². The third-order valence-electron chi connectivity index (χ3n) is 6.41. The van der Waals surface area contributed by atoms with Gasteiger partial charge in [0, 0.05) is 0 Å². The fourth-order valence-corrected chi connectivity index (χ4v) is 6.16. The molecule has 0 spiro atoms. The molecule has 171 valence electrons. The predicted octanol–water partition coefficient (Wildman–Crippen LogP) is -0.923. The summed E-state index contributed by atoms with van der Waals surface area (Å²) in [7, 11) is 3.41. The number of benzene rings is 3. The van der Waals surface area contributed by atoms with Crippen LogP contribution in [0.25, 0.3) is 20.0 Å². The van der Waals surface area contributed by atoms with Crippen LogP contribution in [0.3, 0.4) is 0 Å². The molecular weight excluding hydrogens is 542 g/mol. The number of hydrogen-bond donors (Lipinski definition) is 0. The SMILES string of the molecule is COc1cccc(C2=C(c3c4c(ccc3=C(C)C)=c3ccccc3=[C]4[Zr+2])CC=C2)c1OC.[Cl-].[Cl-]. The zero-order chi connectivity index (χ0) is 22.4. The quantitative estimate of drug-likeness (QED) is 0.406. The van der Waals surface area contributed by atoms with Gasteiger partial charge in [-0.3, -0.25) is 0 Å². The summed E-state index contributed by atoms with van der Waals surface area (Å²) in [5.41, 5.74) is 7.76. The van der Waals surface area contributed by atoms with E-state index in [0.29, 0.717) is 0 Å². The van der Waals surface area contributed by atoms with E-state index in [2.05, 4.69) is 68.5 Å². The molecule has 0 saturated heterocycles. The van der Waals surface area contributed by atoms with Crippen molar-refractivity contribution in [3.63, 3.8) is 0 Å². The van der Waals surface area contributed by atoms with Gasteiger partial charge in [0.05, 0.1) is 0 Å². The van der Waals surface area contributed by atoms with Crippen molar-refractivity contribution in [2.24, 2.45) is 0 Å². The van der Waals surface area contributed by atoms with E-state index < -0.39 is 0 Å². The Kier molecular flexibility index (Phi) is 8.35. The summed E-state index contributed by atoms with van der Waals surface area (Å²) in [6.07, 6.45) is 5.42. The molecule has 2 nitrogen and oxygen atoms in total. The maximum absolute atomic E-state index is 5.81. The smallest absolute Gasteiger partial charge is 1.00 e. The third-order valence-corrected chi connectivity index (χ3v) is 7.68. The van der Waals surface area contributed by atoms with Crippen LogP contribution in [0.5, 0.6) is 11.5 Å². The van der Waals surface area contributed by atoms with Gasteiger partial charge in [-0.05, 0) is 0 Å². The molecule has 0 atom stereocenters. The van der Waals surface area contributed by atoms with Crippen LogP contribution in [-0.4, -0.2) is 14.2 Å².